The van der Waals surface area contributed by atoms with E-state index >= 15 is 0 Å². The summed E-state index contributed by atoms with van der Waals surface area (Å²) in [4.78, 5) is 14.7. The van der Waals surface area contributed by atoms with Gasteiger partial charge in [0.05, 0.1) is 5.69 Å². The second-order valence-electron chi connectivity index (χ2n) is 8.35. The van der Waals surface area contributed by atoms with E-state index < -0.39 is 18.0 Å². The highest BCUT2D eigenvalue weighted by molar-refractivity contribution is 5.73. The van der Waals surface area contributed by atoms with Gasteiger partial charge in [-0.2, -0.15) is 13.2 Å². The highest BCUT2D eigenvalue weighted by Gasteiger charge is 2.33. The van der Waals surface area contributed by atoms with Crippen LogP contribution in [-0.4, -0.2) is 34.1 Å². The second-order valence-corrected chi connectivity index (χ2v) is 8.35. The van der Waals surface area contributed by atoms with Crippen LogP contribution in [0.3, 0.4) is 0 Å². The third-order valence-electron chi connectivity index (χ3n) is 5.23. The van der Waals surface area contributed by atoms with Gasteiger partial charge < -0.3 is 15.7 Å². The molecule has 0 aliphatic heterocycles. The number of rotatable bonds is 7. The Kier molecular flexibility index (Phi) is 7.45. The number of carbonyl (C=O) groups is 1. The van der Waals surface area contributed by atoms with Crippen LogP contribution in [0.1, 0.15) is 70.4 Å². The molecular weight excluding hydrogens is 371 g/mol. The average molecular weight is 401 g/mol. The molecule has 8 heteroatoms. The molecule has 1 heterocycles. The van der Waals surface area contributed by atoms with Crippen LogP contribution >= 0.6 is 0 Å². The van der Waals surface area contributed by atoms with Gasteiger partial charge in [0, 0.05) is 25.0 Å². The fourth-order valence-corrected chi connectivity index (χ4v) is 3.86. The number of pyridine rings is 1. The number of nitrogens with one attached hydrogen (secondary N) is 2. The number of hydrogen-bond donors (Lipinski definition) is 3. The Balaban J connectivity index is 1.83. The zero-order valence-electron chi connectivity index (χ0n) is 16.6. The van der Waals surface area contributed by atoms with Crippen LogP contribution in [0.15, 0.2) is 18.2 Å². The number of aliphatic hydroxyl groups excluding tert-OH is 1. The molecule has 1 amide bonds. The Hall–Kier alpha value is -1.67. The van der Waals surface area contributed by atoms with Crippen LogP contribution in [0.2, 0.25) is 0 Å². The lowest BCUT2D eigenvalue weighted by atomic mass is 9.79. The third kappa shape index (κ3) is 7.05. The molecule has 0 radical (unpaired) electrons. The van der Waals surface area contributed by atoms with Gasteiger partial charge in [-0.1, -0.05) is 6.07 Å². The van der Waals surface area contributed by atoms with Gasteiger partial charge in [0.15, 0.2) is 0 Å². The van der Waals surface area contributed by atoms with Crippen molar-refractivity contribution in [1.29, 1.82) is 0 Å². The Bertz CT molecular complexity index is 656. The number of nitrogens with zero attached hydrogens (tertiary/aromatic N) is 1. The fourth-order valence-electron chi connectivity index (χ4n) is 3.86. The van der Waals surface area contributed by atoms with Gasteiger partial charge in [0.2, 0.25) is 5.91 Å². The predicted molar refractivity (Wildman–Crippen MR) is 100 cm³/mol. The SMILES string of the molecule is CC(=O)NC1CCC(CC(C)(C)NC[C@@H](O)c2cccc(C(F)(F)F)n2)CC1. The lowest BCUT2D eigenvalue weighted by Gasteiger charge is -2.35. The fraction of sp³-hybridized carbons (Fsp3) is 0.700. The van der Waals surface area contributed by atoms with Gasteiger partial charge in [-0.3, -0.25) is 4.79 Å². The summed E-state index contributed by atoms with van der Waals surface area (Å²) in [7, 11) is 0. The van der Waals surface area contributed by atoms with Crippen molar-refractivity contribution in [3.8, 4) is 0 Å². The van der Waals surface area contributed by atoms with Gasteiger partial charge in [-0.15, -0.1) is 0 Å². The molecule has 1 fully saturated rings. The predicted octanol–water partition coefficient (Wildman–Crippen LogP) is 3.59. The number of carbonyl (C=O) groups excluding carboxylic acids is 1. The summed E-state index contributed by atoms with van der Waals surface area (Å²) in [6.07, 6.45) is -0.798. The first-order valence-corrected chi connectivity index (χ1v) is 9.70. The van der Waals surface area contributed by atoms with E-state index in [1.807, 2.05) is 13.8 Å². The first kappa shape index (κ1) is 22.6. The zero-order valence-corrected chi connectivity index (χ0v) is 16.6. The van der Waals surface area contributed by atoms with Crippen LogP contribution in [0.25, 0.3) is 0 Å². The van der Waals surface area contributed by atoms with E-state index in [1.165, 1.54) is 19.1 Å². The monoisotopic (exact) mass is 401 g/mol. The minimum absolute atomic E-state index is 0.00244. The van der Waals surface area contributed by atoms with E-state index in [9.17, 15) is 23.1 Å². The Morgan fingerprint density at radius 1 is 1.25 bits per heavy atom. The van der Waals surface area contributed by atoms with Crippen molar-refractivity contribution >= 4 is 5.91 Å². The molecule has 28 heavy (non-hydrogen) atoms. The molecule has 0 unspecified atom stereocenters. The Labute approximate surface area is 164 Å². The van der Waals surface area contributed by atoms with E-state index in [-0.39, 0.29) is 29.7 Å². The van der Waals surface area contributed by atoms with Crippen molar-refractivity contribution in [1.82, 2.24) is 15.6 Å². The van der Waals surface area contributed by atoms with Crippen LogP contribution in [-0.2, 0) is 11.0 Å². The third-order valence-corrected chi connectivity index (χ3v) is 5.23. The van der Waals surface area contributed by atoms with Gasteiger partial charge in [-0.05, 0) is 64.0 Å². The standard InChI is InChI=1S/C20H30F3N3O2/c1-13(27)25-15-9-7-14(8-10-15)11-19(2,3)24-12-17(28)16-5-4-6-18(26-16)20(21,22)23/h4-6,14-15,17,24,28H,7-12H2,1-3H3,(H,25,27)/t14?,15?,17-/m1/s1. The van der Waals surface area contributed by atoms with Crippen LogP contribution in [0, 0.1) is 5.92 Å². The molecule has 1 atom stereocenters. The lowest BCUT2D eigenvalue weighted by Crippen LogP contribution is -2.44. The Morgan fingerprint density at radius 3 is 2.46 bits per heavy atom. The van der Waals surface area contributed by atoms with E-state index in [0.29, 0.717) is 5.92 Å². The Morgan fingerprint density at radius 2 is 1.89 bits per heavy atom. The summed E-state index contributed by atoms with van der Waals surface area (Å²) in [5.41, 5.74) is -1.26. The van der Waals surface area contributed by atoms with E-state index in [1.54, 1.807) is 0 Å². The number of halogens is 3. The van der Waals surface area contributed by atoms with Crippen molar-refractivity contribution in [2.75, 3.05) is 6.54 Å². The topological polar surface area (TPSA) is 74.2 Å². The molecule has 158 valence electrons. The van der Waals surface area contributed by atoms with Gasteiger partial charge in [0.25, 0.3) is 0 Å². The molecule has 0 spiro atoms. The van der Waals surface area contributed by atoms with Crippen LogP contribution < -0.4 is 10.6 Å². The maximum atomic E-state index is 12.8. The maximum Gasteiger partial charge on any atom is 0.433 e. The van der Waals surface area contributed by atoms with Crippen molar-refractivity contribution in [2.45, 2.75) is 76.7 Å². The van der Waals surface area contributed by atoms with Crippen molar-refractivity contribution < 1.29 is 23.1 Å². The van der Waals surface area contributed by atoms with E-state index in [2.05, 4.69) is 15.6 Å². The van der Waals surface area contributed by atoms with E-state index in [0.717, 1.165) is 38.2 Å². The molecule has 2 rings (SSSR count). The molecule has 1 aliphatic rings. The molecule has 5 nitrogen and oxygen atoms in total. The lowest BCUT2D eigenvalue weighted by molar-refractivity contribution is -0.141. The van der Waals surface area contributed by atoms with E-state index in [4.69, 9.17) is 0 Å². The summed E-state index contributed by atoms with van der Waals surface area (Å²) in [5, 5.41) is 16.5. The summed E-state index contributed by atoms with van der Waals surface area (Å²) in [5.74, 6) is 0.513. The zero-order chi connectivity index (χ0) is 20.9. The van der Waals surface area contributed by atoms with Gasteiger partial charge in [0.1, 0.15) is 11.8 Å². The summed E-state index contributed by atoms with van der Waals surface area (Å²) < 4.78 is 38.3. The van der Waals surface area contributed by atoms with Crippen LogP contribution in [0.5, 0.6) is 0 Å². The molecule has 1 aromatic heterocycles. The first-order valence-electron chi connectivity index (χ1n) is 9.70. The summed E-state index contributed by atoms with van der Waals surface area (Å²) in [6, 6.07) is 3.80. The number of aromatic nitrogens is 1. The highest BCUT2D eigenvalue weighted by atomic mass is 19.4. The number of hydrogen-bond acceptors (Lipinski definition) is 4. The van der Waals surface area contributed by atoms with Crippen molar-refractivity contribution in [3.05, 3.63) is 29.6 Å². The minimum atomic E-state index is -4.53. The summed E-state index contributed by atoms with van der Waals surface area (Å²) in [6.45, 7) is 5.71. The second kappa shape index (κ2) is 9.22. The van der Waals surface area contributed by atoms with Gasteiger partial charge >= 0.3 is 6.18 Å². The number of β-amino-alcohol motifs (C(OH)–C–C–N with tert-alkyl or cyclic N) is 1. The van der Waals surface area contributed by atoms with Crippen molar-refractivity contribution in [2.24, 2.45) is 5.92 Å². The highest BCUT2D eigenvalue weighted by Crippen LogP contribution is 2.31. The largest absolute Gasteiger partial charge is 0.433 e. The normalized spacial score (nSPS) is 22.0. The summed E-state index contributed by atoms with van der Waals surface area (Å²) >= 11 is 0. The molecule has 3 N–H and O–H groups in total. The van der Waals surface area contributed by atoms with Crippen molar-refractivity contribution in [3.63, 3.8) is 0 Å². The number of aliphatic hydroxyl groups is 1. The molecule has 1 aromatic rings. The maximum absolute atomic E-state index is 12.8. The number of amides is 1. The molecule has 1 saturated carbocycles. The minimum Gasteiger partial charge on any atom is -0.385 e. The first-order chi connectivity index (χ1) is 13.0. The molecular formula is C20H30F3N3O2. The molecule has 0 bridgehead atoms. The average Bonchev–Trinajstić information content (AvgIpc) is 2.60. The smallest absolute Gasteiger partial charge is 0.385 e. The van der Waals surface area contributed by atoms with Crippen LogP contribution in [0.4, 0.5) is 13.2 Å². The number of alkyl halides is 3. The molecule has 0 aromatic carbocycles. The quantitative estimate of drug-likeness (QED) is 0.653. The molecule has 0 saturated heterocycles. The van der Waals surface area contributed by atoms with Gasteiger partial charge in [-0.25, -0.2) is 4.98 Å². The molecule has 1 aliphatic carbocycles.